The molecule has 0 amide bonds. The van der Waals surface area contributed by atoms with Gasteiger partial charge in [0.1, 0.15) is 0 Å². The maximum atomic E-state index is 2.24. The third-order valence-electron chi connectivity index (χ3n) is 2.24. The molecule has 0 nitrogen and oxygen atoms in total. The van der Waals surface area contributed by atoms with Crippen LogP contribution in [0.25, 0.3) is 20.9 Å². The van der Waals surface area contributed by atoms with E-state index < -0.39 is 0 Å². The zero-order valence-corrected chi connectivity index (χ0v) is 10.3. The summed E-state index contributed by atoms with van der Waals surface area (Å²) in [7, 11) is 0. The minimum atomic E-state index is 1.36. The molecule has 0 radical (unpaired) electrons. The van der Waals surface area contributed by atoms with Crippen LogP contribution in [0.1, 0.15) is 0 Å². The average Bonchev–Trinajstić information content (AvgIpc) is 3.01. The normalized spacial score (nSPS) is 10.7. The van der Waals surface area contributed by atoms with Crippen molar-refractivity contribution in [3.63, 3.8) is 0 Å². The van der Waals surface area contributed by atoms with Gasteiger partial charge >= 0.3 is 0 Å². The molecular weight excluding hydrogens is 240 g/mol. The van der Waals surface area contributed by atoms with E-state index in [1.807, 2.05) is 0 Å². The van der Waals surface area contributed by atoms with Crippen molar-refractivity contribution in [2.75, 3.05) is 0 Å². The number of rotatable bonds is 2. The van der Waals surface area contributed by atoms with Crippen molar-refractivity contribution in [1.82, 2.24) is 0 Å². The Morgan fingerprint density at radius 1 is 0.733 bits per heavy atom. The quantitative estimate of drug-likeness (QED) is 0.584. The largest absolute Gasteiger partial charge is 0.151 e. The lowest BCUT2D eigenvalue weighted by molar-refractivity contribution is 1.84. The van der Waals surface area contributed by atoms with E-state index >= 15 is 0 Å². The molecule has 0 aliphatic heterocycles. The van der Waals surface area contributed by atoms with Gasteiger partial charge < -0.3 is 0 Å². The first-order valence-corrected chi connectivity index (χ1v) is 7.29. The Morgan fingerprint density at radius 2 is 1.27 bits per heavy atom. The van der Waals surface area contributed by atoms with Crippen LogP contribution in [-0.2, 0) is 0 Å². The summed E-state index contributed by atoms with van der Waals surface area (Å²) in [4.78, 5) is 2.72. The van der Waals surface area contributed by atoms with Crippen molar-refractivity contribution < 1.29 is 0 Å². The minimum Gasteiger partial charge on any atom is -0.151 e. The highest BCUT2D eigenvalue weighted by Crippen LogP contribution is 2.39. The van der Waals surface area contributed by atoms with Gasteiger partial charge in [-0.05, 0) is 22.9 Å². The molecule has 0 saturated carbocycles. The van der Waals surface area contributed by atoms with Gasteiger partial charge in [0.15, 0.2) is 0 Å². The summed E-state index contributed by atoms with van der Waals surface area (Å²) in [6.45, 7) is 0. The van der Waals surface area contributed by atoms with Crippen LogP contribution < -0.4 is 0 Å². The Balaban J connectivity index is 2.15. The van der Waals surface area contributed by atoms with E-state index in [-0.39, 0.29) is 0 Å². The standard InChI is InChI=1S/C12H8S3/c1-3-11(14-5-1)9-7-13-8-10(9)12-4-2-6-15-12/h1-8H. The van der Waals surface area contributed by atoms with Crippen LogP contribution in [0, 0.1) is 0 Å². The molecule has 15 heavy (non-hydrogen) atoms. The molecule has 3 heteroatoms. The van der Waals surface area contributed by atoms with Gasteiger partial charge in [0, 0.05) is 31.6 Å². The maximum absolute atomic E-state index is 2.24. The average molecular weight is 248 g/mol. The van der Waals surface area contributed by atoms with Gasteiger partial charge in [0.25, 0.3) is 0 Å². The molecule has 3 heterocycles. The van der Waals surface area contributed by atoms with Crippen molar-refractivity contribution in [2.45, 2.75) is 0 Å². The number of thiophene rings is 3. The Morgan fingerprint density at radius 3 is 1.67 bits per heavy atom. The van der Waals surface area contributed by atoms with E-state index in [0.29, 0.717) is 0 Å². The van der Waals surface area contributed by atoms with Crippen molar-refractivity contribution in [2.24, 2.45) is 0 Å². The smallest absolute Gasteiger partial charge is 0.0357 e. The molecule has 0 bridgehead atoms. The van der Waals surface area contributed by atoms with Gasteiger partial charge in [-0.15, -0.1) is 22.7 Å². The van der Waals surface area contributed by atoms with Gasteiger partial charge in [-0.2, -0.15) is 11.3 Å². The molecule has 0 atom stereocenters. The third-order valence-corrected chi connectivity index (χ3v) is 4.79. The topological polar surface area (TPSA) is 0 Å². The van der Waals surface area contributed by atoms with E-state index in [4.69, 9.17) is 0 Å². The lowest BCUT2D eigenvalue weighted by atomic mass is 10.1. The molecule has 0 fully saturated rings. The van der Waals surface area contributed by atoms with Crippen LogP contribution in [0.4, 0.5) is 0 Å². The molecule has 3 aromatic heterocycles. The fraction of sp³-hybridized carbons (Fsp3) is 0. The first-order valence-electron chi connectivity index (χ1n) is 4.59. The molecule has 74 valence electrons. The second-order valence-electron chi connectivity index (χ2n) is 3.15. The lowest BCUT2D eigenvalue weighted by Gasteiger charge is -1.98. The zero-order chi connectivity index (χ0) is 10.1. The number of hydrogen-bond acceptors (Lipinski definition) is 3. The van der Waals surface area contributed by atoms with E-state index in [1.165, 1.54) is 20.9 Å². The summed E-state index contributed by atoms with van der Waals surface area (Å²) < 4.78 is 0. The lowest BCUT2D eigenvalue weighted by Crippen LogP contribution is -1.71. The summed E-state index contributed by atoms with van der Waals surface area (Å²) in [5.41, 5.74) is 2.75. The Hall–Kier alpha value is -0.900. The fourth-order valence-electron chi connectivity index (χ4n) is 1.54. The van der Waals surface area contributed by atoms with Gasteiger partial charge in [-0.25, -0.2) is 0 Å². The van der Waals surface area contributed by atoms with Crippen molar-refractivity contribution in [3.8, 4) is 20.9 Å². The van der Waals surface area contributed by atoms with Gasteiger partial charge in [0.05, 0.1) is 0 Å². The molecule has 0 N–H and O–H groups in total. The predicted molar refractivity (Wildman–Crippen MR) is 70.9 cm³/mol. The second kappa shape index (κ2) is 3.93. The Kier molecular flexibility index (Phi) is 2.44. The van der Waals surface area contributed by atoms with Crippen LogP contribution in [0.15, 0.2) is 45.8 Å². The molecule has 0 aliphatic carbocycles. The minimum absolute atomic E-state index is 1.36. The van der Waals surface area contributed by atoms with Crippen LogP contribution in [-0.4, -0.2) is 0 Å². The van der Waals surface area contributed by atoms with Crippen molar-refractivity contribution in [1.29, 1.82) is 0 Å². The van der Waals surface area contributed by atoms with Gasteiger partial charge in [-0.3, -0.25) is 0 Å². The second-order valence-corrected chi connectivity index (χ2v) is 5.79. The molecule has 0 spiro atoms. The van der Waals surface area contributed by atoms with Crippen LogP contribution in [0.2, 0.25) is 0 Å². The summed E-state index contributed by atoms with van der Waals surface area (Å²) >= 11 is 5.38. The van der Waals surface area contributed by atoms with E-state index in [9.17, 15) is 0 Å². The Labute approximate surface area is 100 Å². The van der Waals surface area contributed by atoms with Crippen LogP contribution >= 0.6 is 34.0 Å². The van der Waals surface area contributed by atoms with Crippen molar-refractivity contribution in [3.05, 3.63) is 45.8 Å². The van der Waals surface area contributed by atoms with Crippen LogP contribution in [0.5, 0.6) is 0 Å². The Bertz CT molecular complexity index is 480. The van der Waals surface area contributed by atoms with Crippen molar-refractivity contribution >= 4 is 34.0 Å². The highest BCUT2D eigenvalue weighted by atomic mass is 32.1. The summed E-state index contributed by atoms with van der Waals surface area (Å²) in [5.74, 6) is 0. The third kappa shape index (κ3) is 1.67. The molecule has 0 aromatic carbocycles. The summed E-state index contributed by atoms with van der Waals surface area (Å²) in [6.07, 6.45) is 0. The fourth-order valence-corrected chi connectivity index (χ4v) is 4.05. The zero-order valence-electron chi connectivity index (χ0n) is 7.84. The predicted octanol–water partition coefficient (Wildman–Crippen LogP) is 5.21. The molecular formula is C12H8S3. The van der Waals surface area contributed by atoms with Crippen LogP contribution in [0.3, 0.4) is 0 Å². The van der Waals surface area contributed by atoms with E-state index in [2.05, 4.69) is 45.8 Å². The molecule has 3 rings (SSSR count). The highest BCUT2D eigenvalue weighted by molar-refractivity contribution is 7.16. The molecule has 3 aromatic rings. The summed E-state index contributed by atoms with van der Waals surface area (Å²) in [6, 6.07) is 8.58. The molecule has 0 saturated heterocycles. The van der Waals surface area contributed by atoms with Gasteiger partial charge in [0.2, 0.25) is 0 Å². The molecule has 0 unspecified atom stereocenters. The first-order chi connectivity index (χ1) is 7.45. The maximum Gasteiger partial charge on any atom is 0.0357 e. The number of hydrogen-bond donors (Lipinski definition) is 0. The van der Waals surface area contributed by atoms with Gasteiger partial charge in [-0.1, -0.05) is 12.1 Å². The highest BCUT2D eigenvalue weighted by Gasteiger charge is 2.09. The molecule has 0 aliphatic rings. The first kappa shape index (κ1) is 9.33. The van der Waals surface area contributed by atoms with E-state index in [0.717, 1.165) is 0 Å². The summed E-state index contributed by atoms with van der Waals surface area (Å²) in [5, 5.41) is 8.73. The monoisotopic (exact) mass is 248 g/mol. The van der Waals surface area contributed by atoms with E-state index in [1.54, 1.807) is 34.0 Å². The SMILES string of the molecule is c1csc(-c2cscc2-c2cccs2)c1.